The van der Waals surface area contributed by atoms with Gasteiger partial charge in [-0.3, -0.25) is 0 Å². The summed E-state index contributed by atoms with van der Waals surface area (Å²) in [5, 5.41) is 9.58. The summed E-state index contributed by atoms with van der Waals surface area (Å²) in [7, 11) is -3.40. The van der Waals surface area contributed by atoms with E-state index in [9.17, 15) is 8.42 Å². The lowest BCUT2D eigenvalue weighted by Crippen LogP contribution is -2.36. The Hall–Kier alpha value is -1.99. The Labute approximate surface area is 147 Å². The molecule has 7 heteroatoms. The van der Waals surface area contributed by atoms with Gasteiger partial charge in [-0.15, -0.1) is 10.2 Å². The van der Waals surface area contributed by atoms with Crippen LogP contribution in [0.15, 0.2) is 40.2 Å². The predicted octanol–water partition coefficient (Wildman–Crippen LogP) is 3.13. The lowest BCUT2D eigenvalue weighted by Gasteiger charge is -2.28. The van der Waals surface area contributed by atoms with E-state index >= 15 is 0 Å². The molecule has 0 N–H and O–H groups in total. The number of nitrogens with zero attached hydrogens (tertiary/aromatic N) is 3. The Morgan fingerprint density at radius 3 is 2.16 bits per heavy atom. The smallest absolute Gasteiger partial charge is 0.236 e. The Morgan fingerprint density at radius 2 is 1.56 bits per heavy atom. The fourth-order valence-corrected chi connectivity index (χ4v) is 4.30. The fourth-order valence-electron chi connectivity index (χ4n) is 3.08. The SMILES string of the molecule is O=S(=O)(/C=C/c1ccccc1)N1CCC(c2nnc(C3CC3)o2)CC1. The van der Waals surface area contributed by atoms with Crippen LogP contribution >= 0.6 is 0 Å². The Balaban J connectivity index is 1.37. The summed E-state index contributed by atoms with van der Waals surface area (Å²) in [5.74, 6) is 2.02. The first kappa shape index (κ1) is 16.5. The first-order valence-corrected chi connectivity index (χ1v) is 10.2. The van der Waals surface area contributed by atoms with Gasteiger partial charge in [-0.05, 0) is 37.3 Å². The van der Waals surface area contributed by atoms with Crippen LogP contribution in [0.2, 0.25) is 0 Å². The third-order valence-corrected chi connectivity index (χ3v) is 6.34. The molecule has 0 atom stereocenters. The molecule has 132 valence electrons. The standard InChI is InChI=1S/C18H21N3O3S/c22-25(23,13-10-14-4-2-1-3-5-14)21-11-8-16(9-12-21)18-20-19-17(24-18)15-6-7-15/h1-5,10,13,15-16H,6-9,11-12H2/b13-10+. The Bertz CT molecular complexity index is 849. The van der Waals surface area contributed by atoms with Crippen LogP contribution in [0.4, 0.5) is 0 Å². The molecule has 0 spiro atoms. The maximum atomic E-state index is 12.5. The van der Waals surface area contributed by atoms with Crippen LogP contribution in [0.1, 0.15) is 54.9 Å². The monoisotopic (exact) mass is 359 g/mol. The predicted molar refractivity (Wildman–Crippen MR) is 94.2 cm³/mol. The highest BCUT2D eigenvalue weighted by atomic mass is 32.2. The molecular formula is C18H21N3O3S. The average molecular weight is 359 g/mol. The van der Waals surface area contributed by atoms with E-state index in [2.05, 4.69) is 10.2 Å². The van der Waals surface area contributed by atoms with E-state index in [1.54, 1.807) is 6.08 Å². The highest BCUT2D eigenvalue weighted by molar-refractivity contribution is 7.92. The highest BCUT2D eigenvalue weighted by Gasteiger charge is 2.33. The van der Waals surface area contributed by atoms with E-state index < -0.39 is 10.0 Å². The van der Waals surface area contributed by atoms with Crippen molar-refractivity contribution in [2.24, 2.45) is 0 Å². The van der Waals surface area contributed by atoms with Crippen LogP contribution in [0.25, 0.3) is 6.08 Å². The minimum Gasteiger partial charge on any atom is -0.425 e. The van der Waals surface area contributed by atoms with Gasteiger partial charge < -0.3 is 4.42 Å². The number of hydrogen-bond donors (Lipinski definition) is 0. The van der Waals surface area contributed by atoms with Gasteiger partial charge in [0.1, 0.15) is 0 Å². The maximum absolute atomic E-state index is 12.5. The van der Waals surface area contributed by atoms with Crippen molar-refractivity contribution in [1.82, 2.24) is 14.5 Å². The van der Waals surface area contributed by atoms with Gasteiger partial charge in [0.05, 0.1) is 0 Å². The number of benzene rings is 1. The van der Waals surface area contributed by atoms with E-state index in [0.717, 1.165) is 24.3 Å². The van der Waals surface area contributed by atoms with E-state index in [4.69, 9.17) is 4.42 Å². The summed E-state index contributed by atoms with van der Waals surface area (Å²) in [4.78, 5) is 0. The van der Waals surface area contributed by atoms with Gasteiger partial charge in [-0.2, -0.15) is 4.31 Å². The summed E-state index contributed by atoms with van der Waals surface area (Å²) in [6.45, 7) is 0.959. The van der Waals surface area contributed by atoms with Crippen molar-refractivity contribution in [2.45, 2.75) is 37.5 Å². The van der Waals surface area contributed by atoms with Crippen LogP contribution in [-0.2, 0) is 10.0 Å². The zero-order valence-electron chi connectivity index (χ0n) is 13.9. The van der Waals surface area contributed by atoms with Gasteiger partial charge in [-0.1, -0.05) is 30.3 Å². The molecule has 0 unspecified atom stereocenters. The van der Waals surface area contributed by atoms with Crippen molar-refractivity contribution < 1.29 is 12.8 Å². The Kier molecular flexibility index (Phi) is 4.43. The second kappa shape index (κ2) is 6.72. The molecule has 0 amide bonds. The molecule has 2 fully saturated rings. The van der Waals surface area contributed by atoms with E-state index in [-0.39, 0.29) is 5.92 Å². The lowest BCUT2D eigenvalue weighted by atomic mass is 9.98. The molecule has 2 aliphatic rings. The summed E-state index contributed by atoms with van der Waals surface area (Å²) < 4.78 is 32.3. The Morgan fingerprint density at radius 1 is 0.960 bits per heavy atom. The minimum absolute atomic E-state index is 0.157. The second-order valence-corrected chi connectivity index (χ2v) is 8.50. The lowest BCUT2D eigenvalue weighted by molar-refractivity contribution is 0.288. The zero-order valence-corrected chi connectivity index (χ0v) is 14.7. The quantitative estimate of drug-likeness (QED) is 0.820. The molecule has 2 heterocycles. The molecule has 6 nitrogen and oxygen atoms in total. The molecule has 0 bridgehead atoms. The number of hydrogen-bond acceptors (Lipinski definition) is 5. The van der Waals surface area contributed by atoms with Crippen LogP contribution in [-0.4, -0.2) is 36.0 Å². The largest absolute Gasteiger partial charge is 0.425 e. The van der Waals surface area contributed by atoms with Crippen molar-refractivity contribution in [2.75, 3.05) is 13.1 Å². The van der Waals surface area contributed by atoms with Crippen LogP contribution in [0.3, 0.4) is 0 Å². The van der Waals surface area contributed by atoms with Gasteiger partial charge >= 0.3 is 0 Å². The van der Waals surface area contributed by atoms with Crippen molar-refractivity contribution in [3.05, 3.63) is 53.1 Å². The summed E-state index contributed by atoms with van der Waals surface area (Å²) in [6, 6.07) is 9.44. The van der Waals surface area contributed by atoms with Crippen molar-refractivity contribution >= 4 is 16.1 Å². The maximum Gasteiger partial charge on any atom is 0.236 e. The molecular weight excluding hydrogens is 338 g/mol. The van der Waals surface area contributed by atoms with Crippen molar-refractivity contribution in [3.63, 3.8) is 0 Å². The number of aromatic nitrogens is 2. The van der Waals surface area contributed by atoms with Gasteiger partial charge in [0.15, 0.2) is 0 Å². The van der Waals surface area contributed by atoms with Gasteiger partial charge in [-0.25, -0.2) is 8.42 Å². The minimum atomic E-state index is -3.40. The summed E-state index contributed by atoms with van der Waals surface area (Å²) in [6.07, 6.45) is 5.33. The van der Waals surface area contributed by atoms with Crippen LogP contribution < -0.4 is 0 Å². The van der Waals surface area contributed by atoms with Crippen molar-refractivity contribution in [1.29, 1.82) is 0 Å². The van der Waals surface area contributed by atoms with Crippen LogP contribution in [0, 0.1) is 0 Å². The molecule has 2 aromatic rings. The number of piperidine rings is 1. The van der Waals surface area contributed by atoms with Gasteiger partial charge in [0, 0.05) is 30.3 Å². The van der Waals surface area contributed by atoms with Crippen molar-refractivity contribution in [3.8, 4) is 0 Å². The number of rotatable bonds is 5. The fraction of sp³-hybridized carbons (Fsp3) is 0.444. The third-order valence-electron chi connectivity index (χ3n) is 4.78. The normalized spacial score (nSPS) is 20.3. The first-order chi connectivity index (χ1) is 12.1. The molecule has 1 aliphatic carbocycles. The molecule has 1 aromatic heterocycles. The first-order valence-electron chi connectivity index (χ1n) is 8.68. The van der Waals surface area contributed by atoms with E-state index in [0.29, 0.717) is 37.7 Å². The van der Waals surface area contributed by atoms with Gasteiger partial charge in [0.25, 0.3) is 0 Å². The second-order valence-electron chi connectivity index (χ2n) is 6.68. The summed E-state index contributed by atoms with van der Waals surface area (Å²) in [5.41, 5.74) is 0.874. The van der Waals surface area contributed by atoms with Gasteiger partial charge in [0.2, 0.25) is 21.8 Å². The molecule has 1 aromatic carbocycles. The molecule has 1 aliphatic heterocycles. The van der Waals surface area contributed by atoms with E-state index in [1.807, 2.05) is 30.3 Å². The van der Waals surface area contributed by atoms with Crippen LogP contribution in [0.5, 0.6) is 0 Å². The molecule has 4 rings (SSSR count). The molecule has 1 saturated carbocycles. The topological polar surface area (TPSA) is 76.3 Å². The third kappa shape index (κ3) is 3.82. The highest BCUT2D eigenvalue weighted by Crippen LogP contribution is 2.40. The number of sulfonamides is 1. The summed E-state index contributed by atoms with van der Waals surface area (Å²) >= 11 is 0. The molecule has 25 heavy (non-hydrogen) atoms. The molecule has 0 radical (unpaired) electrons. The average Bonchev–Trinajstić information content (AvgIpc) is 3.38. The van der Waals surface area contributed by atoms with E-state index in [1.165, 1.54) is 9.71 Å². The molecule has 1 saturated heterocycles. The zero-order chi connectivity index (χ0) is 17.3.